The molecule has 2 aromatic carbocycles. The zero-order valence-corrected chi connectivity index (χ0v) is 14.4. The molecule has 6 nitrogen and oxygen atoms in total. The number of hydrogen-bond acceptors (Lipinski definition) is 7. The van der Waals surface area contributed by atoms with Crippen molar-refractivity contribution in [3.63, 3.8) is 0 Å². The van der Waals surface area contributed by atoms with Crippen LogP contribution in [-0.2, 0) is 5.75 Å². The van der Waals surface area contributed by atoms with E-state index in [0.29, 0.717) is 18.1 Å². The van der Waals surface area contributed by atoms with Crippen LogP contribution in [0.4, 0.5) is 5.69 Å². The smallest absolute Gasteiger partial charge is 0.213 e. The Morgan fingerprint density at radius 2 is 1.92 bits per heavy atom. The summed E-state index contributed by atoms with van der Waals surface area (Å²) >= 11 is 1.61. The molecule has 1 heterocycles. The van der Waals surface area contributed by atoms with Crippen molar-refractivity contribution in [2.24, 2.45) is 0 Å². The molecule has 0 aliphatic carbocycles. The van der Waals surface area contributed by atoms with Crippen LogP contribution in [0.25, 0.3) is 0 Å². The Bertz CT molecular complexity index is 753. The summed E-state index contributed by atoms with van der Waals surface area (Å²) in [6.45, 7) is 0.627. The van der Waals surface area contributed by atoms with Gasteiger partial charge in [0.2, 0.25) is 6.39 Å². The topological polar surface area (TPSA) is 80.4 Å². The van der Waals surface area contributed by atoms with E-state index in [1.165, 1.54) is 6.39 Å². The van der Waals surface area contributed by atoms with Gasteiger partial charge in [0.1, 0.15) is 18.5 Å². The molecule has 0 amide bonds. The zero-order chi connectivity index (χ0) is 17.3. The van der Waals surface area contributed by atoms with E-state index in [1.807, 2.05) is 54.6 Å². The minimum Gasteiger partial charge on any atom is -0.491 e. The average Bonchev–Trinajstić information content (AvgIpc) is 3.18. The zero-order valence-electron chi connectivity index (χ0n) is 13.5. The molecule has 0 radical (unpaired) electrons. The molecule has 1 atom stereocenters. The quantitative estimate of drug-likeness (QED) is 0.569. The lowest BCUT2D eigenvalue weighted by Gasteiger charge is -2.16. The molecule has 3 aromatic rings. The van der Waals surface area contributed by atoms with E-state index in [-0.39, 0.29) is 6.61 Å². The van der Waals surface area contributed by atoms with Gasteiger partial charge in [-0.25, -0.2) is 0 Å². The summed E-state index contributed by atoms with van der Waals surface area (Å²) in [5.74, 6) is 2.02. The summed E-state index contributed by atoms with van der Waals surface area (Å²) in [6.07, 6.45) is 0.707. The first-order valence-electron chi connectivity index (χ1n) is 7.88. The number of nitrogens with one attached hydrogen (secondary N) is 1. The molecule has 130 valence electrons. The van der Waals surface area contributed by atoms with Gasteiger partial charge in [0.05, 0.1) is 5.75 Å². The van der Waals surface area contributed by atoms with Crippen molar-refractivity contribution in [3.05, 3.63) is 66.8 Å². The number of anilines is 1. The van der Waals surface area contributed by atoms with Gasteiger partial charge in [-0.3, -0.25) is 0 Å². The van der Waals surface area contributed by atoms with Crippen molar-refractivity contribution in [2.75, 3.05) is 18.5 Å². The Balaban J connectivity index is 1.48. The third kappa shape index (κ3) is 5.51. The molecular weight excluding hydrogens is 338 g/mol. The van der Waals surface area contributed by atoms with Crippen LogP contribution >= 0.6 is 11.8 Å². The minimum atomic E-state index is -0.615. The molecular formula is C18H19N3O3S. The van der Waals surface area contributed by atoms with Crippen LogP contribution in [-0.4, -0.2) is 34.5 Å². The lowest BCUT2D eigenvalue weighted by atomic mass is 10.3. The van der Waals surface area contributed by atoms with E-state index in [4.69, 9.17) is 9.26 Å². The fourth-order valence-electron chi connectivity index (χ4n) is 2.13. The van der Waals surface area contributed by atoms with E-state index < -0.39 is 6.10 Å². The van der Waals surface area contributed by atoms with E-state index >= 15 is 0 Å². The first-order chi connectivity index (χ1) is 12.3. The van der Waals surface area contributed by atoms with Crippen molar-refractivity contribution in [1.82, 2.24) is 10.1 Å². The second kappa shape index (κ2) is 9.10. The predicted molar refractivity (Wildman–Crippen MR) is 96.7 cm³/mol. The minimum absolute atomic E-state index is 0.231. The van der Waals surface area contributed by atoms with Crippen LogP contribution in [0.3, 0.4) is 0 Å². The van der Waals surface area contributed by atoms with Gasteiger partial charge < -0.3 is 19.7 Å². The Labute approximate surface area is 150 Å². The number of ether oxygens (including phenoxy) is 1. The van der Waals surface area contributed by atoms with Crippen molar-refractivity contribution in [3.8, 4) is 5.75 Å². The first kappa shape index (κ1) is 17.3. The van der Waals surface area contributed by atoms with E-state index in [0.717, 1.165) is 16.3 Å². The van der Waals surface area contributed by atoms with Crippen LogP contribution in [0.1, 0.15) is 5.82 Å². The van der Waals surface area contributed by atoms with Crippen LogP contribution in [0.5, 0.6) is 5.75 Å². The number of benzene rings is 2. The number of thioether (sulfide) groups is 1. The lowest BCUT2D eigenvalue weighted by molar-refractivity contribution is 0.117. The van der Waals surface area contributed by atoms with Crippen LogP contribution in [0, 0.1) is 0 Å². The fourth-order valence-corrected chi connectivity index (χ4v) is 3.02. The number of para-hydroxylation sites is 2. The Hall–Kier alpha value is -2.51. The number of aliphatic hydroxyl groups is 1. The maximum atomic E-state index is 10.1. The summed E-state index contributed by atoms with van der Waals surface area (Å²) in [7, 11) is 0. The second-order valence-corrected chi connectivity index (χ2v) is 6.31. The summed E-state index contributed by atoms with van der Waals surface area (Å²) < 4.78 is 10.3. The summed E-state index contributed by atoms with van der Waals surface area (Å²) in [5, 5.41) is 17.2. The largest absolute Gasteiger partial charge is 0.491 e. The first-order valence-corrected chi connectivity index (χ1v) is 8.86. The van der Waals surface area contributed by atoms with Crippen LogP contribution in [0.2, 0.25) is 0 Å². The molecule has 0 saturated carbocycles. The molecule has 0 spiro atoms. The standard InChI is InChI=1S/C18H19N3O3S/c22-14(11-23-15-6-2-1-3-7-15)10-19-16-8-4-5-9-17(16)25-12-18-20-13-24-21-18/h1-9,13-14,19,22H,10-12H2. The second-order valence-electron chi connectivity index (χ2n) is 5.29. The summed E-state index contributed by atoms with van der Waals surface area (Å²) in [6, 6.07) is 17.4. The van der Waals surface area contributed by atoms with E-state index in [2.05, 4.69) is 15.5 Å². The molecule has 0 aliphatic rings. The summed E-state index contributed by atoms with van der Waals surface area (Å²) in [5.41, 5.74) is 0.953. The van der Waals surface area contributed by atoms with Crippen LogP contribution in [0.15, 0.2) is 70.4 Å². The highest BCUT2D eigenvalue weighted by molar-refractivity contribution is 7.98. The third-order valence-corrected chi connectivity index (χ3v) is 4.43. The molecule has 0 bridgehead atoms. The van der Waals surface area contributed by atoms with Gasteiger partial charge in [-0.2, -0.15) is 4.98 Å². The van der Waals surface area contributed by atoms with Crippen molar-refractivity contribution < 1.29 is 14.4 Å². The lowest BCUT2D eigenvalue weighted by Crippen LogP contribution is -2.26. The number of rotatable bonds is 9. The van der Waals surface area contributed by atoms with Gasteiger partial charge in [0.25, 0.3) is 0 Å². The van der Waals surface area contributed by atoms with Crippen LogP contribution < -0.4 is 10.1 Å². The molecule has 0 aliphatic heterocycles. The number of nitrogens with zero attached hydrogens (tertiary/aromatic N) is 2. The molecule has 0 saturated heterocycles. The van der Waals surface area contributed by atoms with Gasteiger partial charge in [-0.1, -0.05) is 35.5 Å². The van der Waals surface area contributed by atoms with Gasteiger partial charge in [-0.15, -0.1) is 11.8 Å². The maximum Gasteiger partial charge on any atom is 0.213 e. The summed E-state index contributed by atoms with van der Waals surface area (Å²) in [4.78, 5) is 5.07. The SMILES string of the molecule is OC(CNc1ccccc1SCc1ncon1)COc1ccccc1. The normalized spacial score (nSPS) is 11.9. The highest BCUT2D eigenvalue weighted by atomic mass is 32.2. The molecule has 25 heavy (non-hydrogen) atoms. The van der Waals surface area contributed by atoms with Gasteiger partial charge in [0.15, 0.2) is 5.82 Å². The van der Waals surface area contributed by atoms with Gasteiger partial charge in [-0.05, 0) is 24.3 Å². The van der Waals surface area contributed by atoms with Crippen molar-refractivity contribution in [1.29, 1.82) is 0 Å². The number of hydrogen-bond donors (Lipinski definition) is 2. The molecule has 0 fully saturated rings. The average molecular weight is 357 g/mol. The number of aromatic nitrogens is 2. The maximum absolute atomic E-state index is 10.1. The predicted octanol–water partition coefficient (Wildman–Crippen LogP) is 3.21. The Morgan fingerprint density at radius 1 is 1.12 bits per heavy atom. The Kier molecular flexibility index (Phi) is 6.30. The monoisotopic (exact) mass is 357 g/mol. The molecule has 3 rings (SSSR count). The molecule has 1 unspecified atom stereocenters. The highest BCUT2D eigenvalue weighted by Crippen LogP contribution is 2.29. The fraction of sp³-hybridized carbons (Fsp3) is 0.222. The third-order valence-electron chi connectivity index (χ3n) is 3.36. The number of aliphatic hydroxyl groups excluding tert-OH is 1. The van der Waals surface area contributed by atoms with Crippen molar-refractivity contribution >= 4 is 17.4 Å². The highest BCUT2D eigenvalue weighted by Gasteiger charge is 2.09. The molecule has 7 heteroatoms. The molecule has 1 aromatic heterocycles. The van der Waals surface area contributed by atoms with Gasteiger partial charge in [0, 0.05) is 17.1 Å². The van der Waals surface area contributed by atoms with E-state index in [1.54, 1.807) is 11.8 Å². The Morgan fingerprint density at radius 3 is 2.72 bits per heavy atom. The molecule has 2 N–H and O–H groups in total. The van der Waals surface area contributed by atoms with Gasteiger partial charge >= 0.3 is 0 Å². The van der Waals surface area contributed by atoms with E-state index in [9.17, 15) is 5.11 Å². The van der Waals surface area contributed by atoms with Crippen molar-refractivity contribution in [2.45, 2.75) is 16.8 Å².